The first-order valence-electron chi connectivity index (χ1n) is 7.04. The minimum atomic E-state index is 0.0401. The second kappa shape index (κ2) is 7.07. The van der Waals surface area contributed by atoms with Gasteiger partial charge in [0.2, 0.25) is 5.91 Å². The lowest BCUT2D eigenvalue weighted by Gasteiger charge is -2.31. The summed E-state index contributed by atoms with van der Waals surface area (Å²) in [5.74, 6) is 0.0401. The maximum Gasteiger partial charge on any atom is 0.238 e. The zero-order chi connectivity index (χ0) is 14.5. The highest BCUT2D eigenvalue weighted by molar-refractivity contribution is 6.30. The molecule has 1 heterocycles. The van der Waals surface area contributed by atoms with E-state index in [4.69, 9.17) is 11.6 Å². The second-order valence-electron chi connectivity index (χ2n) is 5.35. The molecule has 1 aliphatic heterocycles. The van der Waals surface area contributed by atoms with E-state index in [0.717, 1.165) is 37.2 Å². The third-order valence-electron chi connectivity index (χ3n) is 3.83. The molecule has 1 aliphatic rings. The number of likely N-dealkylation sites (tertiary alicyclic amines) is 1. The lowest BCUT2D eigenvalue weighted by atomic mass is 10.1. The highest BCUT2D eigenvalue weighted by atomic mass is 35.5. The number of hydrogen-bond acceptors (Lipinski definition) is 3. The average molecular weight is 296 g/mol. The van der Waals surface area contributed by atoms with Gasteiger partial charge >= 0.3 is 0 Å². The third kappa shape index (κ3) is 4.20. The Hall–Kier alpha value is -1.10. The highest BCUT2D eigenvalue weighted by Gasteiger charge is 2.19. The third-order valence-corrected chi connectivity index (χ3v) is 4.06. The van der Waals surface area contributed by atoms with Crippen molar-refractivity contribution < 1.29 is 4.79 Å². The summed E-state index contributed by atoms with van der Waals surface area (Å²) in [6, 6.07) is 6.09. The van der Waals surface area contributed by atoms with Crippen LogP contribution in [0.1, 0.15) is 18.4 Å². The number of anilines is 1. The Balaban J connectivity index is 1.84. The van der Waals surface area contributed by atoms with Crippen LogP contribution >= 0.6 is 11.6 Å². The first kappa shape index (κ1) is 15.3. The quantitative estimate of drug-likeness (QED) is 0.896. The van der Waals surface area contributed by atoms with Crippen molar-refractivity contribution in [3.05, 3.63) is 28.8 Å². The molecule has 1 aromatic carbocycles. The van der Waals surface area contributed by atoms with Crippen molar-refractivity contribution in [3.8, 4) is 0 Å². The van der Waals surface area contributed by atoms with Crippen LogP contribution in [0.25, 0.3) is 0 Å². The van der Waals surface area contributed by atoms with E-state index in [2.05, 4.69) is 15.5 Å². The summed E-state index contributed by atoms with van der Waals surface area (Å²) < 4.78 is 0. The van der Waals surface area contributed by atoms with Crippen molar-refractivity contribution in [1.29, 1.82) is 0 Å². The van der Waals surface area contributed by atoms with Gasteiger partial charge in [0.25, 0.3) is 0 Å². The zero-order valence-electron chi connectivity index (χ0n) is 12.1. The highest BCUT2D eigenvalue weighted by Crippen LogP contribution is 2.19. The van der Waals surface area contributed by atoms with E-state index < -0.39 is 0 Å². The number of carbonyl (C=O) groups is 1. The number of hydrogen-bond donors (Lipinski definition) is 2. The predicted octanol–water partition coefficient (Wildman–Crippen LogP) is 2.27. The van der Waals surface area contributed by atoms with Crippen LogP contribution in [-0.2, 0) is 4.79 Å². The molecule has 2 rings (SSSR count). The molecule has 1 saturated heterocycles. The van der Waals surface area contributed by atoms with Crippen molar-refractivity contribution in [2.45, 2.75) is 25.8 Å². The van der Waals surface area contributed by atoms with Gasteiger partial charge in [0.1, 0.15) is 0 Å². The van der Waals surface area contributed by atoms with Gasteiger partial charge in [-0.1, -0.05) is 11.6 Å². The summed E-state index contributed by atoms with van der Waals surface area (Å²) in [4.78, 5) is 14.3. The van der Waals surface area contributed by atoms with Gasteiger partial charge in [0.05, 0.1) is 6.54 Å². The smallest absolute Gasteiger partial charge is 0.238 e. The molecule has 0 atom stereocenters. The Morgan fingerprint density at radius 2 is 2.10 bits per heavy atom. The number of nitrogens with zero attached hydrogens (tertiary/aromatic N) is 1. The second-order valence-corrected chi connectivity index (χ2v) is 5.78. The molecule has 1 aromatic rings. The van der Waals surface area contributed by atoms with Gasteiger partial charge in [-0.15, -0.1) is 0 Å². The average Bonchev–Trinajstić information content (AvgIpc) is 2.43. The minimum Gasteiger partial charge on any atom is -0.325 e. The van der Waals surface area contributed by atoms with E-state index in [1.165, 1.54) is 0 Å². The molecule has 0 spiro atoms. The number of nitrogens with one attached hydrogen (secondary N) is 2. The molecule has 0 aromatic heterocycles. The van der Waals surface area contributed by atoms with Crippen molar-refractivity contribution in [2.24, 2.45) is 0 Å². The van der Waals surface area contributed by atoms with Crippen molar-refractivity contribution in [2.75, 3.05) is 32.0 Å². The van der Waals surface area contributed by atoms with Crippen LogP contribution in [0.4, 0.5) is 5.69 Å². The lowest BCUT2D eigenvalue weighted by Crippen LogP contribution is -2.44. The van der Waals surface area contributed by atoms with E-state index in [1.807, 2.05) is 26.1 Å². The molecule has 2 N–H and O–H groups in total. The minimum absolute atomic E-state index is 0.0401. The van der Waals surface area contributed by atoms with Crippen LogP contribution in [-0.4, -0.2) is 43.5 Å². The zero-order valence-corrected chi connectivity index (χ0v) is 12.8. The Labute approximate surface area is 125 Å². The normalized spacial score (nSPS) is 17.1. The molecule has 1 amide bonds. The van der Waals surface area contributed by atoms with Crippen LogP contribution in [0.5, 0.6) is 0 Å². The summed E-state index contributed by atoms with van der Waals surface area (Å²) in [6.45, 7) is 4.34. The van der Waals surface area contributed by atoms with Crippen molar-refractivity contribution in [3.63, 3.8) is 0 Å². The van der Waals surface area contributed by atoms with Gasteiger partial charge in [-0.25, -0.2) is 0 Å². The number of aryl methyl sites for hydroxylation is 1. The van der Waals surface area contributed by atoms with Gasteiger partial charge in [0.15, 0.2) is 0 Å². The molecule has 0 aliphatic carbocycles. The predicted molar refractivity (Wildman–Crippen MR) is 83.3 cm³/mol. The van der Waals surface area contributed by atoms with Gasteiger partial charge < -0.3 is 10.6 Å². The van der Waals surface area contributed by atoms with Gasteiger partial charge in [-0.3, -0.25) is 9.69 Å². The number of benzene rings is 1. The molecule has 20 heavy (non-hydrogen) atoms. The van der Waals surface area contributed by atoms with Crippen molar-refractivity contribution >= 4 is 23.2 Å². The summed E-state index contributed by atoms with van der Waals surface area (Å²) >= 11 is 5.91. The number of rotatable bonds is 4. The number of carbonyl (C=O) groups excluding carboxylic acids is 1. The monoisotopic (exact) mass is 295 g/mol. The Morgan fingerprint density at radius 1 is 1.40 bits per heavy atom. The van der Waals surface area contributed by atoms with Crippen LogP contribution in [0.15, 0.2) is 18.2 Å². The first-order chi connectivity index (χ1) is 9.58. The fourth-order valence-corrected chi connectivity index (χ4v) is 2.77. The fraction of sp³-hybridized carbons (Fsp3) is 0.533. The molecule has 0 radical (unpaired) electrons. The molecule has 0 unspecified atom stereocenters. The summed E-state index contributed by atoms with van der Waals surface area (Å²) in [5, 5.41) is 6.94. The first-order valence-corrected chi connectivity index (χ1v) is 7.42. The van der Waals surface area contributed by atoms with Crippen LogP contribution in [0, 0.1) is 6.92 Å². The Bertz CT molecular complexity index is 470. The summed E-state index contributed by atoms with van der Waals surface area (Å²) in [5.41, 5.74) is 1.82. The van der Waals surface area contributed by atoms with Crippen LogP contribution in [0.2, 0.25) is 5.02 Å². The lowest BCUT2D eigenvalue weighted by molar-refractivity contribution is -0.117. The number of halogens is 1. The van der Waals surface area contributed by atoms with E-state index in [-0.39, 0.29) is 5.91 Å². The van der Waals surface area contributed by atoms with Gasteiger partial charge in [-0.2, -0.15) is 0 Å². The number of piperidine rings is 1. The molecule has 110 valence electrons. The molecule has 1 fully saturated rings. The molecule has 5 heteroatoms. The Kier molecular flexibility index (Phi) is 5.40. The summed E-state index contributed by atoms with van der Waals surface area (Å²) in [6.07, 6.45) is 2.20. The summed E-state index contributed by atoms with van der Waals surface area (Å²) in [7, 11) is 2.00. The van der Waals surface area contributed by atoms with E-state index >= 15 is 0 Å². The maximum atomic E-state index is 12.1. The molecular formula is C15H22ClN3O. The number of amides is 1. The molecule has 0 bridgehead atoms. The van der Waals surface area contributed by atoms with E-state index in [9.17, 15) is 4.79 Å². The molecule has 0 saturated carbocycles. The van der Waals surface area contributed by atoms with Crippen LogP contribution in [0.3, 0.4) is 0 Å². The van der Waals surface area contributed by atoms with Crippen molar-refractivity contribution in [1.82, 2.24) is 10.2 Å². The van der Waals surface area contributed by atoms with Gasteiger partial charge in [-0.05, 0) is 50.6 Å². The largest absolute Gasteiger partial charge is 0.325 e. The van der Waals surface area contributed by atoms with E-state index in [1.54, 1.807) is 6.07 Å². The molecular weight excluding hydrogens is 274 g/mol. The molecule has 4 nitrogen and oxygen atoms in total. The standard InChI is InChI=1S/C15H22ClN3O/c1-11-9-12(16)3-4-14(11)18-15(20)10-19-7-5-13(17-2)6-8-19/h3-4,9,13,17H,5-8,10H2,1-2H3,(H,18,20). The van der Waals surface area contributed by atoms with E-state index in [0.29, 0.717) is 17.6 Å². The van der Waals surface area contributed by atoms with Gasteiger partial charge in [0, 0.05) is 29.8 Å². The maximum absolute atomic E-state index is 12.1. The fourth-order valence-electron chi connectivity index (χ4n) is 2.54. The van der Waals surface area contributed by atoms with Crippen LogP contribution < -0.4 is 10.6 Å². The Morgan fingerprint density at radius 3 is 2.70 bits per heavy atom. The SMILES string of the molecule is CNC1CCN(CC(=O)Nc2ccc(Cl)cc2C)CC1. The topological polar surface area (TPSA) is 44.4 Å².